The van der Waals surface area contributed by atoms with Gasteiger partial charge in [0.15, 0.2) is 0 Å². The SMILES string of the molecule is Cc1cc(-c2ccc(N)cn2)no1. The largest absolute Gasteiger partial charge is 0.397 e. The molecular formula is C9H9N3O. The number of rotatable bonds is 1. The lowest BCUT2D eigenvalue weighted by molar-refractivity contribution is 0.399. The van der Waals surface area contributed by atoms with Crippen molar-refractivity contribution in [3.63, 3.8) is 0 Å². The van der Waals surface area contributed by atoms with Gasteiger partial charge in [-0.25, -0.2) is 0 Å². The van der Waals surface area contributed by atoms with Crippen LogP contribution in [-0.2, 0) is 0 Å². The molecule has 2 aromatic rings. The Morgan fingerprint density at radius 3 is 2.69 bits per heavy atom. The van der Waals surface area contributed by atoms with Gasteiger partial charge in [0.2, 0.25) is 0 Å². The van der Waals surface area contributed by atoms with Crippen LogP contribution in [-0.4, -0.2) is 10.1 Å². The van der Waals surface area contributed by atoms with Gasteiger partial charge in [-0.15, -0.1) is 0 Å². The zero-order valence-electron chi connectivity index (χ0n) is 7.19. The summed E-state index contributed by atoms with van der Waals surface area (Å²) in [6.07, 6.45) is 1.60. The maximum Gasteiger partial charge on any atom is 0.134 e. The molecule has 0 radical (unpaired) electrons. The van der Waals surface area contributed by atoms with Crippen LogP contribution >= 0.6 is 0 Å². The molecule has 0 aliphatic rings. The van der Waals surface area contributed by atoms with Gasteiger partial charge in [0, 0.05) is 6.07 Å². The topological polar surface area (TPSA) is 64.9 Å². The molecule has 0 spiro atoms. The van der Waals surface area contributed by atoms with E-state index >= 15 is 0 Å². The number of nitrogens with two attached hydrogens (primary N) is 1. The minimum Gasteiger partial charge on any atom is -0.397 e. The standard InChI is InChI=1S/C9H9N3O/c1-6-4-9(12-13-6)8-3-2-7(10)5-11-8/h2-5H,10H2,1H3. The Morgan fingerprint density at radius 1 is 1.31 bits per heavy atom. The number of hydrogen-bond donors (Lipinski definition) is 1. The van der Waals surface area contributed by atoms with Crippen LogP contribution in [0.5, 0.6) is 0 Å². The zero-order valence-corrected chi connectivity index (χ0v) is 7.19. The van der Waals surface area contributed by atoms with Crippen molar-refractivity contribution >= 4 is 5.69 Å². The first kappa shape index (κ1) is 7.79. The molecule has 0 aromatic carbocycles. The van der Waals surface area contributed by atoms with Crippen LogP contribution in [0.2, 0.25) is 0 Å². The number of pyridine rings is 1. The van der Waals surface area contributed by atoms with Gasteiger partial charge in [-0.2, -0.15) is 0 Å². The second kappa shape index (κ2) is 2.90. The Bertz CT molecular complexity index is 405. The fourth-order valence-electron chi connectivity index (χ4n) is 1.04. The fourth-order valence-corrected chi connectivity index (χ4v) is 1.04. The van der Waals surface area contributed by atoms with E-state index < -0.39 is 0 Å². The van der Waals surface area contributed by atoms with Gasteiger partial charge in [-0.1, -0.05) is 5.16 Å². The third-order valence-corrected chi connectivity index (χ3v) is 1.68. The van der Waals surface area contributed by atoms with Crippen molar-refractivity contribution in [2.45, 2.75) is 6.92 Å². The molecule has 2 rings (SSSR count). The first-order valence-corrected chi connectivity index (χ1v) is 3.91. The summed E-state index contributed by atoms with van der Waals surface area (Å²) in [7, 11) is 0. The van der Waals surface area contributed by atoms with Crippen LogP contribution in [0.4, 0.5) is 5.69 Å². The predicted octanol–water partition coefficient (Wildman–Crippen LogP) is 1.63. The summed E-state index contributed by atoms with van der Waals surface area (Å²) >= 11 is 0. The van der Waals surface area contributed by atoms with E-state index in [-0.39, 0.29) is 0 Å². The van der Waals surface area contributed by atoms with Crippen LogP contribution in [0.15, 0.2) is 28.9 Å². The van der Waals surface area contributed by atoms with Crippen molar-refractivity contribution in [1.29, 1.82) is 0 Å². The monoisotopic (exact) mass is 175 g/mol. The van der Waals surface area contributed by atoms with E-state index in [1.54, 1.807) is 12.3 Å². The molecule has 2 heterocycles. The van der Waals surface area contributed by atoms with E-state index in [1.807, 2.05) is 19.1 Å². The summed E-state index contributed by atoms with van der Waals surface area (Å²) in [5.41, 5.74) is 7.65. The normalized spacial score (nSPS) is 10.2. The average Bonchev–Trinajstić information content (AvgIpc) is 2.53. The molecular weight excluding hydrogens is 166 g/mol. The first-order chi connectivity index (χ1) is 6.25. The Kier molecular flexibility index (Phi) is 1.73. The average molecular weight is 175 g/mol. The van der Waals surface area contributed by atoms with Crippen LogP contribution in [0, 0.1) is 6.92 Å². The van der Waals surface area contributed by atoms with Crippen molar-refractivity contribution in [1.82, 2.24) is 10.1 Å². The molecule has 2 aromatic heterocycles. The number of anilines is 1. The second-order valence-corrected chi connectivity index (χ2v) is 2.80. The molecule has 0 aliphatic heterocycles. The maximum atomic E-state index is 5.50. The molecule has 0 atom stereocenters. The fraction of sp³-hybridized carbons (Fsp3) is 0.111. The van der Waals surface area contributed by atoms with E-state index in [0.29, 0.717) is 5.69 Å². The summed E-state index contributed by atoms with van der Waals surface area (Å²) in [5, 5.41) is 3.84. The van der Waals surface area contributed by atoms with Crippen molar-refractivity contribution in [3.05, 3.63) is 30.2 Å². The summed E-state index contributed by atoms with van der Waals surface area (Å²) < 4.78 is 4.93. The highest BCUT2D eigenvalue weighted by Gasteiger charge is 2.03. The van der Waals surface area contributed by atoms with E-state index in [0.717, 1.165) is 17.1 Å². The van der Waals surface area contributed by atoms with Gasteiger partial charge in [-0.05, 0) is 19.1 Å². The molecule has 0 fully saturated rings. The molecule has 0 aliphatic carbocycles. The number of nitrogen functional groups attached to an aromatic ring is 1. The van der Waals surface area contributed by atoms with Gasteiger partial charge < -0.3 is 10.3 Å². The lowest BCUT2D eigenvalue weighted by Gasteiger charge is -1.94. The van der Waals surface area contributed by atoms with Crippen LogP contribution in [0.3, 0.4) is 0 Å². The lowest BCUT2D eigenvalue weighted by atomic mass is 10.2. The highest BCUT2D eigenvalue weighted by Crippen LogP contribution is 2.16. The van der Waals surface area contributed by atoms with E-state index in [9.17, 15) is 0 Å². The molecule has 0 saturated carbocycles. The zero-order chi connectivity index (χ0) is 9.26. The van der Waals surface area contributed by atoms with Crippen LogP contribution in [0.1, 0.15) is 5.76 Å². The van der Waals surface area contributed by atoms with Crippen molar-refractivity contribution in [2.24, 2.45) is 0 Å². The van der Waals surface area contributed by atoms with E-state index in [4.69, 9.17) is 10.3 Å². The smallest absolute Gasteiger partial charge is 0.134 e. The third-order valence-electron chi connectivity index (χ3n) is 1.68. The number of nitrogens with zero attached hydrogens (tertiary/aromatic N) is 2. The molecule has 4 nitrogen and oxygen atoms in total. The third kappa shape index (κ3) is 1.51. The minimum atomic E-state index is 0.643. The Labute approximate surface area is 75.4 Å². The summed E-state index contributed by atoms with van der Waals surface area (Å²) in [5.74, 6) is 0.772. The minimum absolute atomic E-state index is 0.643. The number of hydrogen-bond acceptors (Lipinski definition) is 4. The molecule has 2 N–H and O–H groups in total. The Balaban J connectivity index is 2.41. The Morgan fingerprint density at radius 2 is 2.15 bits per heavy atom. The number of aryl methyl sites for hydroxylation is 1. The van der Waals surface area contributed by atoms with Crippen molar-refractivity contribution < 1.29 is 4.52 Å². The highest BCUT2D eigenvalue weighted by atomic mass is 16.5. The number of aromatic nitrogens is 2. The van der Waals surface area contributed by atoms with Crippen LogP contribution in [0.25, 0.3) is 11.4 Å². The predicted molar refractivity (Wildman–Crippen MR) is 48.9 cm³/mol. The van der Waals surface area contributed by atoms with Gasteiger partial charge in [0.25, 0.3) is 0 Å². The van der Waals surface area contributed by atoms with Crippen molar-refractivity contribution in [2.75, 3.05) is 5.73 Å². The highest BCUT2D eigenvalue weighted by molar-refractivity contribution is 5.55. The molecule has 0 bridgehead atoms. The van der Waals surface area contributed by atoms with Gasteiger partial charge in [-0.3, -0.25) is 4.98 Å². The second-order valence-electron chi connectivity index (χ2n) is 2.80. The lowest BCUT2D eigenvalue weighted by Crippen LogP contribution is -1.87. The van der Waals surface area contributed by atoms with Gasteiger partial charge >= 0.3 is 0 Å². The molecule has 13 heavy (non-hydrogen) atoms. The summed E-state index contributed by atoms with van der Waals surface area (Å²) in [6, 6.07) is 5.43. The van der Waals surface area contributed by atoms with E-state index in [1.165, 1.54) is 0 Å². The molecule has 0 amide bonds. The molecule has 66 valence electrons. The van der Waals surface area contributed by atoms with Gasteiger partial charge in [0.1, 0.15) is 11.5 Å². The van der Waals surface area contributed by atoms with E-state index in [2.05, 4.69) is 10.1 Å². The maximum absolute atomic E-state index is 5.50. The summed E-state index contributed by atoms with van der Waals surface area (Å²) in [6.45, 7) is 1.84. The molecule has 0 unspecified atom stereocenters. The summed E-state index contributed by atoms with van der Waals surface area (Å²) in [4.78, 5) is 4.11. The van der Waals surface area contributed by atoms with Gasteiger partial charge in [0.05, 0.1) is 17.6 Å². The van der Waals surface area contributed by atoms with Crippen molar-refractivity contribution in [3.8, 4) is 11.4 Å². The first-order valence-electron chi connectivity index (χ1n) is 3.91. The quantitative estimate of drug-likeness (QED) is 0.715. The molecule has 0 saturated heterocycles. The van der Waals surface area contributed by atoms with Crippen LogP contribution < -0.4 is 5.73 Å². The molecule has 4 heteroatoms. The Hall–Kier alpha value is -1.84.